The van der Waals surface area contributed by atoms with Gasteiger partial charge >= 0.3 is 0 Å². The molecule has 210 valence electrons. The van der Waals surface area contributed by atoms with Gasteiger partial charge in [0.15, 0.2) is 5.82 Å². The van der Waals surface area contributed by atoms with Crippen molar-refractivity contribution in [2.45, 2.75) is 60.0 Å². The third-order valence-corrected chi connectivity index (χ3v) is 8.22. The number of aliphatic hydroxyl groups is 1. The van der Waals surface area contributed by atoms with E-state index in [-0.39, 0.29) is 22.7 Å². The van der Waals surface area contributed by atoms with Crippen LogP contribution in [0.4, 0.5) is 21.6 Å². The number of allylic oxidation sites excluding steroid dienone is 1. The standard InChI is InChI=1S/C30H35FN6O3/c1-7-17-11-18-14-30(4,5)27(38)20(18)12-21(17)28(39)33-26-16(3)19(8-9-22(26)31)23-13-24(29(40)35-34-23)32-25-10-15(2)37(6)36-25/h8-10,12-13,17,27,38H,7,11,14H2,1-6H3,(H,33,39)(H,35,40)(H,32,34,36). The topological polar surface area (TPSA) is 125 Å². The number of hydrogen-bond acceptors (Lipinski definition) is 6. The van der Waals surface area contributed by atoms with Gasteiger partial charge < -0.3 is 15.7 Å². The van der Waals surface area contributed by atoms with Crippen molar-refractivity contribution in [2.75, 3.05) is 10.6 Å². The number of nitrogens with zero attached hydrogens (tertiary/aromatic N) is 3. The Bertz CT molecular complexity index is 1610. The van der Waals surface area contributed by atoms with E-state index in [9.17, 15) is 14.7 Å². The van der Waals surface area contributed by atoms with Crippen LogP contribution in [0.2, 0.25) is 0 Å². The Morgan fingerprint density at radius 3 is 2.70 bits per heavy atom. The van der Waals surface area contributed by atoms with Crippen LogP contribution in [0.3, 0.4) is 0 Å². The molecule has 2 aliphatic rings. The SMILES string of the molecule is CCC1CC2=C(C=C1C(=O)Nc1c(F)ccc(-c3cc(Nc4cc(C)n(C)n4)c(=O)[nH]n3)c1C)C(O)C(C)(C)C2. The zero-order chi connectivity index (χ0) is 28.9. The maximum Gasteiger partial charge on any atom is 0.287 e. The van der Waals surface area contributed by atoms with Crippen molar-refractivity contribution in [1.29, 1.82) is 0 Å². The number of aliphatic hydroxyl groups excluding tert-OH is 1. The number of aromatic nitrogens is 4. The summed E-state index contributed by atoms with van der Waals surface area (Å²) in [7, 11) is 1.80. The third kappa shape index (κ3) is 4.88. The molecule has 2 unspecified atom stereocenters. The lowest BCUT2D eigenvalue weighted by Gasteiger charge is -2.25. The van der Waals surface area contributed by atoms with E-state index in [1.54, 1.807) is 36.9 Å². The number of rotatable bonds is 6. The van der Waals surface area contributed by atoms with E-state index < -0.39 is 23.4 Å². The number of amides is 1. The van der Waals surface area contributed by atoms with Gasteiger partial charge in [0, 0.05) is 29.9 Å². The Labute approximate surface area is 232 Å². The second kappa shape index (κ2) is 10.2. The molecule has 3 aromatic rings. The molecule has 0 saturated carbocycles. The lowest BCUT2D eigenvalue weighted by atomic mass is 9.82. The molecular formula is C30H35FN6O3. The van der Waals surface area contributed by atoms with Crippen LogP contribution >= 0.6 is 0 Å². The minimum Gasteiger partial charge on any atom is -0.388 e. The summed E-state index contributed by atoms with van der Waals surface area (Å²) in [5.41, 5.74) is 4.46. The van der Waals surface area contributed by atoms with E-state index in [2.05, 4.69) is 25.9 Å². The number of carbonyl (C=O) groups excluding carboxylic acids is 1. The predicted octanol–water partition coefficient (Wildman–Crippen LogP) is 5.05. The van der Waals surface area contributed by atoms with Crippen LogP contribution in [0, 0.1) is 31.0 Å². The molecule has 10 heteroatoms. The molecule has 5 rings (SSSR count). The Hall–Kier alpha value is -4.05. The van der Waals surface area contributed by atoms with Crippen molar-refractivity contribution in [3.63, 3.8) is 0 Å². The number of halogens is 1. The Morgan fingerprint density at radius 1 is 1.27 bits per heavy atom. The quantitative estimate of drug-likeness (QED) is 0.343. The Kier molecular flexibility index (Phi) is 6.99. The van der Waals surface area contributed by atoms with Gasteiger partial charge in [-0.25, -0.2) is 9.49 Å². The largest absolute Gasteiger partial charge is 0.388 e. The summed E-state index contributed by atoms with van der Waals surface area (Å²) in [5.74, 6) is -0.479. The van der Waals surface area contributed by atoms with E-state index in [1.807, 2.05) is 33.8 Å². The summed E-state index contributed by atoms with van der Waals surface area (Å²) >= 11 is 0. The lowest BCUT2D eigenvalue weighted by molar-refractivity contribution is -0.113. The molecule has 2 heterocycles. The number of nitrogens with one attached hydrogen (secondary N) is 3. The average Bonchev–Trinajstić information content (AvgIpc) is 3.34. The Morgan fingerprint density at radius 2 is 2.02 bits per heavy atom. The van der Waals surface area contributed by atoms with Crippen LogP contribution in [0.25, 0.3) is 11.3 Å². The van der Waals surface area contributed by atoms with Crippen molar-refractivity contribution in [1.82, 2.24) is 20.0 Å². The van der Waals surface area contributed by atoms with Crippen LogP contribution < -0.4 is 16.2 Å². The van der Waals surface area contributed by atoms with Crippen LogP contribution in [0.1, 0.15) is 51.3 Å². The van der Waals surface area contributed by atoms with Gasteiger partial charge in [-0.2, -0.15) is 10.2 Å². The molecule has 0 fully saturated rings. The first kappa shape index (κ1) is 27.5. The van der Waals surface area contributed by atoms with Crippen molar-refractivity contribution >= 4 is 23.1 Å². The minimum atomic E-state index is -0.644. The van der Waals surface area contributed by atoms with Crippen LogP contribution in [0.5, 0.6) is 0 Å². The van der Waals surface area contributed by atoms with Crippen LogP contribution in [-0.4, -0.2) is 37.1 Å². The van der Waals surface area contributed by atoms with Gasteiger partial charge in [-0.1, -0.05) is 26.3 Å². The van der Waals surface area contributed by atoms with Gasteiger partial charge in [0.2, 0.25) is 0 Å². The number of hydrogen-bond donors (Lipinski definition) is 4. The summed E-state index contributed by atoms with van der Waals surface area (Å²) in [6.07, 6.45) is 3.42. The third-order valence-electron chi connectivity index (χ3n) is 8.22. The summed E-state index contributed by atoms with van der Waals surface area (Å²) in [4.78, 5) is 26.0. The summed E-state index contributed by atoms with van der Waals surface area (Å²) in [5, 5.41) is 27.7. The highest BCUT2D eigenvalue weighted by molar-refractivity contribution is 6.05. The average molecular weight is 547 g/mol. The maximum atomic E-state index is 15.1. The number of carbonyl (C=O) groups is 1. The van der Waals surface area contributed by atoms with E-state index in [0.717, 1.165) is 24.1 Å². The van der Waals surface area contributed by atoms with Gasteiger partial charge in [0.05, 0.1) is 17.5 Å². The molecule has 0 aliphatic heterocycles. The van der Waals surface area contributed by atoms with Gasteiger partial charge in [-0.15, -0.1) is 0 Å². The summed E-state index contributed by atoms with van der Waals surface area (Å²) < 4.78 is 16.8. The predicted molar refractivity (Wildman–Crippen MR) is 153 cm³/mol. The van der Waals surface area contributed by atoms with Gasteiger partial charge in [0.25, 0.3) is 11.5 Å². The fraction of sp³-hybridized carbons (Fsp3) is 0.400. The molecule has 2 aliphatic carbocycles. The molecule has 0 saturated heterocycles. The zero-order valence-corrected chi connectivity index (χ0v) is 23.6. The fourth-order valence-electron chi connectivity index (χ4n) is 5.73. The number of anilines is 3. The number of aromatic amines is 1. The Balaban J connectivity index is 1.46. The van der Waals surface area contributed by atoms with Crippen molar-refractivity contribution in [3.05, 3.63) is 74.5 Å². The van der Waals surface area contributed by atoms with E-state index >= 15 is 4.39 Å². The van der Waals surface area contributed by atoms with Gasteiger partial charge in [-0.3, -0.25) is 14.3 Å². The van der Waals surface area contributed by atoms with Crippen molar-refractivity contribution in [3.8, 4) is 11.3 Å². The first-order chi connectivity index (χ1) is 18.9. The molecule has 1 amide bonds. The molecule has 4 N–H and O–H groups in total. The monoisotopic (exact) mass is 546 g/mol. The molecule has 9 nitrogen and oxygen atoms in total. The fourth-order valence-corrected chi connectivity index (χ4v) is 5.73. The lowest BCUT2D eigenvalue weighted by Crippen LogP contribution is -2.27. The molecule has 0 radical (unpaired) electrons. The maximum absolute atomic E-state index is 15.1. The smallest absolute Gasteiger partial charge is 0.287 e. The minimum absolute atomic E-state index is 0.0175. The van der Waals surface area contributed by atoms with Crippen molar-refractivity contribution < 1.29 is 14.3 Å². The molecule has 2 atom stereocenters. The van der Waals surface area contributed by atoms with Crippen molar-refractivity contribution in [2.24, 2.45) is 18.4 Å². The van der Waals surface area contributed by atoms with Crippen LogP contribution in [-0.2, 0) is 11.8 Å². The molecule has 2 aromatic heterocycles. The second-order valence-electron chi connectivity index (χ2n) is 11.5. The first-order valence-corrected chi connectivity index (χ1v) is 13.5. The van der Waals surface area contributed by atoms with Gasteiger partial charge in [0.1, 0.15) is 11.5 Å². The van der Waals surface area contributed by atoms with E-state index in [4.69, 9.17) is 0 Å². The molecule has 0 bridgehead atoms. The molecule has 40 heavy (non-hydrogen) atoms. The number of H-pyrrole nitrogens is 1. The summed E-state index contributed by atoms with van der Waals surface area (Å²) in [6.45, 7) is 9.68. The first-order valence-electron chi connectivity index (χ1n) is 13.5. The van der Waals surface area contributed by atoms with E-state index in [0.29, 0.717) is 34.6 Å². The highest BCUT2D eigenvalue weighted by atomic mass is 19.1. The van der Waals surface area contributed by atoms with Gasteiger partial charge in [-0.05, 0) is 79.9 Å². The molecule has 1 aromatic carbocycles. The number of benzene rings is 1. The molecule has 0 spiro atoms. The van der Waals surface area contributed by atoms with Crippen LogP contribution in [0.15, 0.2) is 51.9 Å². The van der Waals surface area contributed by atoms with E-state index in [1.165, 1.54) is 11.6 Å². The zero-order valence-electron chi connectivity index (χ0n) is 23.6. The number of aryl methyl sites for hydroxylation is 2. The highest BCUT2D eigenvalue weighted by Gasteiger charge is 2.42. The summed E-state index contributed by atoms with van der Waals surface area (Å²) in [6, 6.07) is 6.22. The second-order valence-corrected chi connectivity index (χ2v) is 11.5. The highest BCUT2D eigenvalue weighted by Crippen LogP contribution is 2.48. The normalized spacial score (nSPS) is 19.9. The molecular weight excluding hydrogens is 511 g/mol.